The van der Waals surface area contributed by atoms with Crippen molar-refractivity contribution in [2.24, 2.45) is 7.05 Å². The van der Waals surface area contributed by atoms with Crippen LogP contribution in [0.3, 0.4) is 0 Å². The molecule has 1 aliphatic rings. The monoisotopic (exact) mass is 355 g/mol. The van der Waals surface area contributed by atoms with E-state index < -0.39 is 11.7 Å². The number of hydrogen-bond donors (Lipinski definition) is 0. The van der Waals surface area contributed by atoms with Gasteiger partial charge in [-0.25, -0.2) is 9.37 Å². The van der Waals surface area contributed by atoms with Gasteiger partial charge in [-0.15, -0.1) is 0 Å². The summed E-state index contributed by atoms with van der Waals surface area (Å²) in [6, 6.07) is 3.32. The second-order valence-corrected chi connectivity index (χ2v) is 6.69. The molecule has 1 aliphatic heterocycles. The van der Waals surface area contributed by atoms with Crippen molar-refractivity contribution < 1.29 is 13.6 Å². The molecule has 1 amide bonds. The van der Waals surface area contributed by atoms with Crippen LogP contribution in [-0.2, 0) is 13.5 Å². The average Bonchev–Trinajstić information content (AvgIpc) is 2.93. The Morgan fingerprint density at radius 3 is 2.85 bits per heavy atom. The molecule has 0 atom stereocenters. The van der Waals surface area contributed by atoms with Gasteiger partial charge in [0, 0.05) is 13.6 Å². The van der Waals surface area contributed by atoms with E-state index in [1.54, 1.807) is 14.0 Å². The summed E-state index contributed by atoms with van der Waals surface area (Å²) in [5, 5.41) is 0.136. The third-order valence-corrected chi connectivity index (χ3v) is 4.79. The van der Waals surface area contributed by atoms with Crippen LogP contribution in [-0.4, -0.2) is 22.0 Å². The molecule has 134 valence electrons. The summed E-state index contributed by atoms with van der Waals surface area (Å²) in [6.45, 7) is 3.83. The number of carbonyl (C=O) groups excluding carboxylic acids is 1. The fourth-order valence-electron chi connectivity index (χ4n) is 3.62. The Bertz CT molecular complexity index is 1110. The number of rotatable bonds is 1. The number of carbonyl (C=O) groups is 1. The minimum absolute atomic E-state index is 0.121. The van der Waals surface area contributed by atoms with Crippen LogP contribution in [0.4, 0.5) is 10.1 Å². The van der Waals surface area contributed by atoms with Crippen LogP contribution in [0.25, 0.3) is 11.1 Å². The number of anilines is 1. The first-order valence-corrected chi connectivity index (χ1v) is 8.44. The van der Waals surface area contributed by atoms with Gasteiger partial charge in [0.2, 0.25) is 5.71 Å². The minimum atomic E-state index is -0.435. The lowest BCUT2D eigenvalue weighted by atomic mass is 9.98. The van der Waals surface area contributed by atoms with Gasteiger partial charge in [-0.3, -0.25) is 9.59 Å². The van der Waals surface area contributed by atoms with Gasteiger partial charge in [0.25, 0.3) is 11.5 Å². The smallest absolute Gasteiger partial charge is 0.265 e. The zero-order valence-electron chi connectivity index (χ0n) is 14.8. The third-order valence-electron chi connectivity index (χ3n) is 4.79. The van der Waals surface area contributed by atoms with Gasteiger partial charge < -0.3 is 13.9 Å². The number of benzene rings is 1. The number of fused-ring (bicyclic) bond motifs is 2. The van der Waals surface area contributed by atoms with E-state index in [-0.39, 0.29) is 22.2 Å². The Morgan fingerprint density at radius 1 is 1.31 bits per heavy atom. The van der Waals surface area contributed by atoms with Crippen molar-refractivity contribution >= 4 is 22.7 Å². The molecule has 4 rings (SSSR count). The summed E-state index contributed by atoms with van der Waals surface area (Å²) in [5.41, 5.74) is 1.83. The Morgan fingerprint density at radius 2 is 2.08 bits per heavy atom. The molecule has 3 heterocycles. The first kappa shape index (κ1) is 16.5. The average molecular weight is 355 g/mol. The minimum Gasteiger partial charge on any atom is -0.442 e. The number of aromatic nitrogens is 2. The normalized spacial score (nSPS) is 13.9. The zero-order valence-corrected chi connectivity index (χ0v) is 14.8. The van der Waals surface area contributed by atoms with Crippen LogP contribution in [0.2, 0.25) is 0 Å². The molecule has 6 nitrogen and oxygen atoms in total. The first-order chi connectivity index (χ1) is 12.4. The maximum atomic E-state index is 14.6. The maximum absolute atomic E-state index is 14.6. The largest absolute Gasteiger partial charge is 0.442 e. The highest BCUT2D eigenvalue weighted by Gasteiger charge is 2.31. The van der Waals surface area contributed by atoms with Crippen molar-refractivity contribution in [3.8, 4) is 0 Å². The molecule has 1 aromatic carbocycles. The van der Waals surface area contributed by atoms with E-state index in [0.29, 0.717) is 24.4 Å². The summed E-state index contributed by atoms with van der Waals surface area (Å²) in [6.07, 6.45) is 2.79. The molecule has 0 saturated heterocycles. The van der Waals surface area contributed by atoms with E-state index in [1.165, 1.54) is 21.9 Å². The highest BCUT2D eigenvalue weighted by atomic mass is 19.1. The molecular formula is C19H18FN3O3. The van der Waals surface area contributed by atoms with Crippen LogP contribution >= 0.6 is 0 Å². The SMILES string of the molecule is Cc1cc(F)c2c(c1)CCCN2C(=O)c1c(C)oc2ncn(C)c(=O)c12. The second-order valence-electron chi connectivity index (χ2n) is 6.69. The molecule has 0 aliphatic carbocycles. The molecule has 3 aromatic rings. The van der Waals surface area contributed by atoms with Gasteiger partial charge in [-0.2, -0.15) is 0 Å². The lowest BCUT2D eigenvalue weighted by Gasteiger charge is -2.30. The molecule has 0 saturated carbocycles. The highest BCUT2D eigenvalue weighted by molar-refractivity contribution is 6.14. The molecular weight excluding hydrogens is 337 g/mol. The molecule has 0 spiro atoms. The Kier molecular flexibility index (Phi) is 3.68. The molecule has 7 heteroatoms. The maximum Gasteiger partial charge on any atom is 0.265 e. The van der Waals surface area contributed by atoms with Crippen LogP contribution in [0.5, 0.6) is 0 Å². The van der Waals surface area contributed by atoms with Crippen molar-refractivity contribution in [3.63, 3.8) is 0 Å². The Hall–Kier alpha value is -2.96. The zero-order chi connectivity index (χ0) is 18.6. The quantitative estimate of drug-likeness (QED) is 0.673. The van der Waals surface area contributed by atoms with E-state index in [1.807, 2.05) is 13.0 Å². The van der Waals surface area contributed by atoms with Crippen LogP contribution < -0.4 is 10.5 Å². The van der Waals surface area contributed by atoms with Crippen LogP contribution in [0.1, 0.15) is 33.7 Å². The fraction of sp³-hybridized carbons (Fsp3) is 0.316. The van der Waals surface area contributed by atoms with E-state index in [0.717, 1.165) is 17.5 Å². The van der Waals surface area contributed by atoms with Gasteiger partial charge in [0.15, 0.2) is 0 Å². The van der Waals surface area contributed by atoms with Gasteiger partial charge in [0.05, 0.1) is 11.3 Å². The van der Waals surface area contributed by atoms with E-state index in [9.17, 15) is 14.0 Å². The molecule has 26 heavy (non-hydrogen) atoms. The molecule has 0 fully saturated rings. The number of halogens is 1. The number of amides is 1. The fourth-order valence-corrected chi connectivity index (χ4v) is 3.62. The lowest BCUT2D eigenvalue weighted by molar-refractivity contribution is 0.0984. The van der Waals surface area contributed by atoms with E-state index in [2.05, 4.69) is 4.98 Å². The van der Waals surface area contributed by atoms with Gasteiger partial charge in [-0.1, -0.05) is 6.07 Å². The molecule has 0 bridgehead atoms. The van der Waals surface area contributed by atoms with Gasteiger partial charge >= 0.3 is 0 Å². The molecule has 0 radical (unpaired) electrons. The molecule has 0 unspecified atom stereocenters. The van der Waals surface area contributed by atoms with Crippen molar-refractivity contribution in [2.45, 2.75) is 26.7 Å². The van der Waals surface area contributed by atoms with E-state index >= 15 is 0 Å². The summed E-state index contributed by atoms with van der Waals surface area (Å²) in [4.78, 5) is 31.3. The summed E-state index contributed by atoms with van der Waals surface area (Å²) in [7, 11) is 1.56. The molecule has 0 N–H and O–H groups in total. The van der Waals surface area contributed by atoms with Crippen molar-refractivity contribution in [2.75, 3.05) is 11.4 Å². The number of furan rings is 1. The lowest BCUT2D eigenvalue weighted by Crippen LogP contribution is -2.37. The van der Waals surface area contributed by atoms with E-state index in [4.69, 9.17) is 4.42 Å². The third kappa shape index (κ3) is 2.34. The second kappa shape index (κ2) is 5.79. The predicted molar refractivity (Wildman–Crippen MR) is 95.1 cm³/mol. The van der Waals surface area contributed by atoms with Crippen molar-refractivity contribution in [1.29, 1.82) is 0 Å². The van der Waals surface area contributed by atoms with Crippen LogP contribution in [0.15, 0.2) is 27.7 Å². The predicted octanol–water partition coefficient (Wildman–Crippen LogP) is 2.88. The standard InChI is InChI=1S/C19H18FN3O3/c1-10-7-12-5-4-6-23(16(12)13(20)8-10)19(25)14-11(2)26-17-15(14)18(24)22(3)9-21-17/h7-9H,4-6H2,1-3H3. The summed E-state index contributed by atoms with van der Waals surface area (Å²) < 4.78 is 21.5. The van der Waals surface area contributed by atoms with Crippen molar-refractivity contribution in [1.82, 2.24) is 9.55 Å². The highest BCUT2D eigenvalue weighted by Crippen LogP contribution is 2.34. The summed E-state index contributed by atoms with van der Waals surface area (Å²) in [5.74, 6) is -0.556. The number of hydrogen-bond acceptors (Lipinski definition) is 4. The first-order valence-electron chi connectivity index (χ1n) is 8.44. The summed E-state index contributed by atoms with van der Waals surface area (Å²) >= 11 is 0. The Labute approximate surface area is 148 Å². The van der Waals surface area contributed by atoms with Gasteiger partial charge in [0.1, 0.15) is 23.3 Å². The number of nitrogens with zero attached hydrogens (tertiary/aromatic N) is 3. The molecule has 2 aromatic heterocycles. The van der Waals surface area contributed by atoms with Crippen molar-refractivity contribution in [3.05, 3.63) is 57.1 Å². The Balaban J connectivity index is 1.92. The van der Waals surface area contributed by atoms with Gasteiger partial charge in [-0.05, 0) is 43.9 Å². The number of aryl methyl sites for hydroxylation is 4. The topological polar surface area (TPSA) is 68.3 Å². The van der Waals surface area contributed by atoms with Crippen LogP contribution in [0, 0.1) is 19.7 Å².